The van der Waals surface area contributed by atoms with Crippen LogP contribution in [0.2, 0.25) is 0 Å². The standard InChI is InChI=1S/C22H24S/c1-4-5-6-7-9-18-10-8-11-21-22(18)19-15-17(14-16(2)3)12-13-20(19)23-21/h4-8,10-13,15-16H,9,14H2,1-3H3/b5-4-,7-6-. The Kier molecular flexibility index (Phi) is 4.97. The Balaban J connectivity index is 2.09. The molecule has 0 aliphatic carbocycles. The largest absolute Gasteiger partial charge is 0.135 e. The molecule has 0 aliphatic heterocycles. The van der Waals surface area contributed by atoms with Crippen molar-refractivity contribution in [2.45, 2.75) is 33.6 Å². The summed E-state index contributed by atoms with van der Waals surface area (Å²) in [6.45, 7) is 6.62. The first-order valence-corrected chi connectivity index (χ1v) is 9.21. The van der Waals surface area contributed by atoms with Crippen molar-refractivity contribution in [1.82, 2.24) is 0 Å². The summed E-state index contributed by atoms with van der Waals surface area (Å²) >= 11 is 1.91. The SMILES string of the molecule is C/C=C\C=C/Cc1cccc2sc3ccc(CC(C)C)cc3c12. The van der Waals surface area contributed by atoms with E-state index in [2.05, 4.69) is 74.5 Å². The van der Waals surface area contributed by atoms with Crippen molar-refractivity contribution in [2.24, 2.45) is 5.92 Å². The molecule has 0 radical (unpaired) electrons. The van der Waals surface area contributed by atoms with Crippen LogP contribution in [0.5, 0.6) is 0 Å². The van der Waals surface area contributed by atoms with Crippen LogP contribution in [0.4, 0.5) is 0 Å². The molecule has 0 unspecified atom stereocenters. The van der Waals surface area contributed by atoms with E-state index in [9.17, 15) is 0 Å². The molecule has 0 N–H and O–H groups in total. The molecule has 3 aromatic rings. The molecule has 1 heterocycles. The number of hydrogen-bond donors (Lipinski definition) is 0. The van der Waals surface area contributed by atoms with Crippen molar-refractivity contribution in [3.05, 3.63) is 71.8 Å². The van der Waals surface area contributed by atoms with Crippen molar-refractivity contribution in [2.75, 3.05) is 0 Å². The smallest absolute Gasteiger partial charge is 0.0358 e. The molecule has 0 saturated heterocycles. The van der Waals surface area contributed by atoms with Gasteiger partial charge in [-0.25, -0.2) is 0 Å². The first kappa shape index (κ1) is 16.0. The highest BCUT2D eigenvalue weighted by Crippen LogP contribution is 2.37. The van der Waals surface area contributed by atoms with Gasteiger partial charge in [0.05, 0.1) is 0 Å². The van der Waals surface area contributed by atoms with Crippen molar-refractivity contribution < 1.29 is 0 Å². The normalized spacial score (nSPS) is 12.5. The van der Waals surface area contributed by atoms with Gasteiger partial charge in [0, 0.05) is 20.2 Å². The Labute approximate surface area is 143 Å². The molecule has 1 aromatic heterocycles. The highest BCUT2D eigenvalue weighted by atomic mass is 32.1. The van der Waals surface area contributed by atoms with E-state index >= 15 is 0 Å². The average molecular weight is 321 g/mol. The molecule has 0 bridgehead atoms. The number of rotatable bonds is 5. The zero-order valence-electron chi connectivity index (χ0n) is 14.2. The molecular weight excluding hydrogens is 296 g/mol. The fourth-order valence-electron chi connectivity index (χ4n) is 3.10. The molecule has 0 nitrogen and oxygen atoms in total. The molecule has 2 aromatic carbocycles. The third kappa shape index (κ3) is 3.56. The van der Waals surface area contributed by atoms with Gasteiger partial charge in [-0.05, 0) is 55.0 Å². The number of hydrogen-bond acceptors (Lipinski definition) is 1. The van der Waals surface area contributed by atoms with Crippen LogP contribution >= 0.6 is 11.3 Å². The number of fused-ring (bicyclic) bond motifs is 3. The first-order chi connectivity index (χ1) is 11.2. The molecule has 1 heteroatoms. The molecule has 118 valence electrons. The van der Waals surface area contributed by atoms with Gasteiger partial charge in [-0.3, -0.25) is 0 Å². The summed E-state index contributed by atoms with van der Waals surface area (Å²) in [4.78, 5) is 0. The maximum absolute atomic E-state index is 2.41. The number of benzene rings is 2. The van der Waals surface area contributed by atoms with E-state index < -0.39 is 0 Å². The quantitative estimate of drug-likeness (QED) is 0.447. The van der Waals surface area contributed by atoms with Crippen LogP contribution in [0, 0.1) is 5.92 Å². The minimum Gasteiger partial charge on any atom is -0.135 e. The van der Waals surface area contributed by atoms with Crippen LogP contribution < -0.4 is 0 Å². The van der Waals surface area contributed by atoms with Crippen LogP contribution in [0.25, 0.3) is 20.2 Å². The second-order valence-electron chi connectivity index (χ2n) is 6.48. The summed E-state index contributed by atoms with van der Waals surface area (Å²) in [5, 5.41) is 2.88. The minimum atomic E-state index is 0.695. The van der Waals surface area contributed by atoms with Gasteiger partial charge < -0.3 is 0 Å². The molecule has 0 amide bonds. The highest BCUT2D eigenvalue weighted by molar-refractivity contribution is 7.25. The monoisotopic (exact) mass is 320 g/mol. The summed E-state index contributed by atoms with van der Waals surface area (Å²) in [5.41, 5.74) is 2.88. The van der Waals surface area contributed by atoms with Crippen LogP contribution in [0.3, 0.4) is 0 Å². The summed E-state index contributed by atoms with van der Waals surface area (Å²) in [6.07, 6.45) is 10.7. The zero-order valence-corrected chi connectivity index (χ0v) is 15.0. The lowest BCUT2D eigenvalue weighted by Gasteiger charge is -2.06. The molecule has 23 heavy (non-hydrogen) atoms. The Bertz CT molecular complexity index is 862. The predicted octanol–water partition coefficient (Wildman–Crippen LogP) is 6.93. The summed E-state index contributed by atoms with van der Waals surface area (Å²) < 4.78 is 2.80. The average Bonchev–Trinajstić information content (AvgIpc) is 2.89. The van der Waals surface area contributed by atoms with Crippen molar-refractivity contribution in [3.8, 4) is 0 Å². The highest BCUT2D eigenvalue weighted by Gasteiger charge is 2.09. The van der Waals surface area contributed by atoms with E-state index in [1.54, 1.807) is 0 Å². The molecule has 0 aliphatic rings. The lowest BCUT2D eigenvalue weighted by molar-refractivity contribution is 0.648. The van der Waals surface area contributed by atoms with Gasteiger partial charge >= 0.3 is 0 Å². The molecule has 0 fully saturated rings. The van der Waals surface area contributed by atoms with E-state index in [1.165, 1.54) is 31.3 Å². The second kappa shape index (κ2) is 7.14. The van der Waals surface area contributed by atoms with Crippen LogP contribution in [0.15, 0.2) is 60.7 Å². The Morgan fingerprint density at radius 2 is 1.91 bits per heavy atom. The van der Waals surface area contributed by atoms with Gasteiger partial charge in [0.15, 0.2) is 0 Å². The first-order valence-electron chi connectivity index (χ1n) is 8.40. The second-order valence-corrected chi connectivity index (χ2v) is 7.56. The van der Waals surface area contributed by atoms with E-state index in [4.69, 9.17) is 0 Å². The van der Waals surface area contributed by atoms with Gasteiger partial charge in [-0.15, -0.1) is 11.3 Å². The molecule has 0 atom stereocenters. The summed E-state index contributed by atoms with van der Waals surface area (Å²) in [6, 6.07) is 13.7. The van der Waals surface area contributed by atoms with E-state index in [1.807, 2.05) is 18.3 Å². The van der Waals surface area contributed by atoms with E-state index in [-0.39, 0.29) is 0 Å². The van der Waals surface area contributed by atoms with Gasteiger partial charge in [0.2, 0.25) is 0 Å². The van der Waals surface area contributed by atoms with E-state index in [0.29, 0.717) is 5.92 Å². The molecule has 0 saturated carbocycles. The lowest BCUT2D eigenvalue weighted by Crippen LogP contribution is -1.93. The van der Waals surface area contributed by atoms with E-state index in [0.717, 1.165) is 12.8 Å². The topological polar surface area (TPSA) is 0 Å². The van der Waals surface area contributed by atoms with Crippen LogP contribution in [-0.2, 0) is 12.8 Å². The molecule has 3 rings (SSSR count). The third-order valence-corrected chi connectivity index (χ3v) is 5.20. The molecular formula is C22H24S. The predicted molar refractivity (Wildman–Crippen MR) is 106 cm³/mol. The Morgan fingerprint density at radius 3 is 2.70 bits per heavy atom. The Hall–Kier alpha value is -1.86. The Morgan fingerprint density at radius 1 is 1.04 bits per heavy atom. The summed E-state index contributed by atoms with van der Waals surface area (Å²) in [7, 11) is 0. The zero-order chi connectivity index (χ0) is 16.2. The van der Waals surface area contributed by atoms with Crippen LogP contribution in [-0.4, -0.2) is 0 Å². The maximum Gasteiger partial charge on any atom is 0.0358 e. The van der Waals surface area contributed by atoms with Gasteiger partial charge in [0.1, 0.15) is 0 Å². The van der Waals surface area contributed by atoms with Gasteiger partial charge in [-0.2, -0.15) is 0 Å². The minimum absolute atomic E-state index is 0.695. The van der Waals surface area contributed by atoms with Crippen LogP contribution in [0.1, 0.15) is 31.9 Å². The summed E-state index contributed by atoms with van der Waals surface area (Å²) in [5.74, 6) is 0.695. The van der Waals surface area contributed by atoms with Crippen molar-refractivity contribution in [1.29, 1.82) is 0 Å². The maximum atomic E-state index is 2.41. The van der Waals surface area contributed by atoms with Gasteiger partial charge in [-0.1, -0.05) is 56.4 Å². The third-order valence-electron chi connectivity index (χ3n) is 4.07. The lowest BCUT2D eigenvalue weighted by atomic mass is 9.99. The number of allylic oxidation sites excluding steroid dienone is 4. The van der Waals surface area contributed by atoms with Crippen molar-refractivity contribution in [3.63, 3.8) is 0 Å². The molecule has 0 spiro atoms. The fourth-order valence-corrected chi connectivity index (χ4v) is 4.23. The van der Waals surface area contributed by atoms with Crippen molar-refractivity contribution >= 4 is 31.5 Å². The number of thiophene rings is 1. The van der Waals surface area contributed by atoms with Gasteiger partial charge in [0.25, 0.3) is 0 Å². The fraction of sp³-hybridized carbons (Fsp3) is 0.273.